The summed E-state index contributed by atoms with van der Waals surface area (Å²) in [5, 5.41) is 33.8. The van der Waals surface area contributed by atoms with Gasteiger partial charge in [0.15, 0.2) is 0 Å². The Bertz CT molecular complexity index is 215. The van der Waals surface area contributed by atoms with Gasteiger partial charge in [-0.25, -0.2) is 0 Å². The Morgan fingerprint density at radius 2 is 0.500 bits per heavy atom. The topological polar surface area (TPSA) is 197 Å². The van der Waals surface area contributed by atoms with Crippen LogP contribution < -0.4 is 51.4 Å². The van der Waals surface area contributed by atoms with Gasteiger partial charge in [-0.2, -0.15) is 0 Å². The molecule has 0 aromatic rings. The van der Waals surface area contributed by atoms with Gasteiger partial charge < -0.3 is 27.0 Å². The normalized spacial score (nSPS) is 2.22. The third-order valence-electron chi connectivity index (χ3n) is 0. The molecule has 0 unspecified atom stereocenters. The first kappa shape index (κ1) is 52.7. The molecular formula is C5CuFeKN5O5. The van der Waals surface area contributed by atoms with Crippen LogP contribution in [0.4, 0.5) is 0 Å². The molecule has 0 saturated carbocycles. The van der Waals surface area contributed by atoms with E-state index in [-0.39, 0.29) is 85.5 Å². The molecule has 0 amide bonds. The van der Waals surface area contributed by atoms with Gasteiger partial charge in [-0.3, -0.25) is 24.0 Å². The molecule has 18 heavy (non-hydrogen) atoms. The summed E-state index contributed by atoms with van der Waals surface area (Å²) in [6, 6.07) is 0. The second-order valence-electron chi connectivity index (χ2n) is 0.456. The number of hydrogen-bond acceptors (Lipinski definition) is 5. The van der Waals surface area contributed by atoms with Crippen molar-refractivity contribution in [3.05, 3.63) is 27.0 Å². The zero-order chi connectivity index (χ0) is 13.5. The Morgan fingerprint density at radius 3 is 0.500 bits per heavy atom. The van der Waals surface area contributed by atoms with Crippen LogP contribution in [-0.4, -0.2) is 30.4 Å². The minimum atomic E-state index is 0. The van der Waals surface area contributed by atoms with Crippen LogP contribution in [0.1, 0.15) is 0 Å². The van der Waals surface area contributed by atoms with Crippen LogP contribution >= 0.6 is 0 Å². The quantitative estimate of drug-likeness (QED) is 0.242. The Morgan fingerprint density at radius 1 is 0.500 bits per heavy atom. The zero-order valence-corrected chi connectivity index (χ0v) is 13.6. The molecule has 0 aliphatic carbocycles. The van der Waals surface area contributed by atoms with Crippen molar-refractivity contribution in [2.24, 2.45) is 0 Å². The van der Waals surface area contributed by atoms with E-state index in [4.69, 9.17) is 51.0 Å². The molecule has 0 fully saturated rings. The first-order valence-corrected chi connectivity index (χ1v) is 2.14. The second kappa shape index (κ2) is 192. The van der Waals surface area contributed by atoms with E-state index in [9.17, 15) is 0 Å². The van der Waals surface area contributed by atoms with Crippen LogP contribution in [0.15, 0.2) is 0 Å². The summed E-state index contributed by atoms with van der Waals surface area (Å²) < 4.78 is 0. The van der Waals surface area contributed by atoms with Crippen molar-refractivity contribution in [1.82, 2.24) is 0 Å². The van der Waals surface area contributed by atoms with Gasteiger partial charge in [0.1, 0.15) is 0 Å². The summed E-state index contributed by atoms with van der Waals surface area (Å²) in [5.74, 6) is 0. The number of isocyanates is 5. The van der Waals surface area contributed by atoms with E-state index in [0.29, 0.717) is 30.4 Å². The molecule has 0 rings (SSSR count). The van der Waals surface area contributed by atoms with Gasteiger partial charge in [0, 0.05) is 0 Å². The standard InChI is InChI=1S/5CNO.Cu.Fe.K/c5*2-1-3;;;/q5*-1;2*+2;+1. The van der Waals surface area contributed by atoms with Crippen LogP contribution in [0.3, 0.4) is 0 Å². The molecular weight excluding hydrogens is 369 g/mol. The molecule has 0 heterocycles. The van der Waals surface area contributed by atoms with Crippen molar-refractivity contribution in [2.45, 2.75) is 0 Å². The van der Waals surface area contributed by atoms with E-state index in [1.165, 1.54) is 0 Å². The molecule has 0 atom stereocenters. The summed E-state index contributed by atoms with van der Waals surface area (Å²) in [6.45, 7) is 0. The minimum absolute atomic E-state index is 0. The zero-order valence-electron chi connectivity index (χ0n) is 8.43. The number of hydrogen-bond donors (Lipinski definition) is 0. The fourth-order valence-corrected chi connectivity index (χ4v) is 0. The summed E-state index contributed by atoms with van der Waals surface area (Å²) in [6.07, 6.45) is 2.50. The molecule has 0 saturated heterocycles. The average molecular weight is 369 g/mol. The van der Waals surface area contributed by atoms with Gasteiger partial charge in [0.25, 0.3) is 0 Å². The third kappa shape index (κ3) is 18300. The molecule has 0 N–H and O–H groups in total. The van der Waals surface area contributed by atoms with E-state index in [0.717, 1.165) is 0 Å². The summed E-state index contributed by atoms with van der Waals surface area (Å²) in [7, 11) is 0. The molecule has 0 aromatic carbocycles. The minimum Gasteiger partial charge on any atom is -0.724 e. The Labute approximate surface area is 165 Å². The fourth-order valence-electron chi connectivity index (χ4n) is 0. The Kier molecular flexibility index (Phi) is 562. The van der Waals surface area contributed by atoms with Crippen molar-refractivity contribution in [1.29, 1.82) is 0 Å². The molecule has 10 nitrogen and oxygen atoms in total. The van der Waals surface area contributed by atoms with Crippen LogP contribution in [0.2, 0.25) is 0 Å². The van der Waals surface area contributed by atoms with Gasteiger partial charge in [0.05, 0.1) is 0 Å². The van der Waals surface area contributed by atoms with E-state index in [2.05, 4.69) is 0 Å². The van der Waals surface area contributed by atoms with Crippen molar-refractivity contribution < 1.29 is 109 Å². The second-order valence-corrected chi connectivity index (χ2v) is 0.456. The predicted molar refractivity (Wildman–Crippen MR) is 45.3 cm³/mol. The molecule has 0 spiro atoms. The van der Waals surface area contributed by atoms with Crippen LogP contribution in [0, 0.1) is 0 Å². The summed E-state index contributed by atoms with van der Waals surface area (Å²) >= 11 is 0. The number of nitrogens with zero attached hydrogens (tertiary/aromatic N) is 5. The van der Waals surface area contributed by atoms with E-state index in [1.807, 2.05) is 0 Å². The number of carbonyl (C=O) groups excluding carboxylic acids is 5. The Hall–Kier alpha value is -0.425. The maximum absolute atomic E-state index is 8.24. The van der Waals surface area contributed by atoms with Crippen molar-refractivity contribution in [3.63, 3.8) is 0 Å². The van der Waals surface area contributed by atoms with Gasteiger partial charge in [-0.05, 0) is 30.4 Å². The first-order valence-electron chi connectivity index (χ1n) is 2.14. The maximum Gasteiger partial charge on any atom is 2.00 e. The van der Waals surface area contributed by atoms with Crippen molar-refractivity contribution in [3.8, 4) is 0 Å². The van der Waals surface area contributed by atoms with Gasteiger partial charge >= 0.3 is 85.5 Å². The van der Waals surface area contributed by atoms with Gasteiger partial charge in [0.2, 0.25) is 0 Å². The average Bonchev–Trinajstić information content (AvgIpc) is 2.09. The summed E-state index contributed by atoms with van der Waals surface area (Å²) in [5.41, 5.74) is 0. The fraction of sp³-hybridized carbons (Fsp3) is 0. The monoisotopic (exact) mass is 368 g/mol. The molecule has 95 valence electrons. The van der Waals surface area contributed by atoms with Crippen LogP contribution in [0.5, 0.6) is 0 Å². The van der Waals surface area contributed by atoms with Crippen molar-refractivity contribution >= 4 is 30.4 Å². The Balaban J connectivity index is -0.0000000111. The number of rotatable bonds is 0. The third-order valence-corrected chi connectivity index (χ3v) is 0. The van der Waals surface area contributed by atoms with E-state index < -0.39 is 0 Å². The maximum atomic E-state index is 8.24. The largest absolute Gasteiger partial charge is 2.00 e. The first-order chi connectivity index (χ1) is 7.07. The van der Waals surface area contributed by atoms with E-state index in [1.54, 1.807) is 0 Å². The molecule has 0 bridgehead atoms. The van der Waals surface area contributed by atoms with Gasteiger partial charge in [-0.1, -0.05) is 0 Å². The van der Waals surface area contributed by atoms with Gasteiger partial charge in [-0.15, -0.1) is 0 Å². The molecule has 0 aromatic heterocycles. The van der Waals surface area contributed by atoms with Crippen LogP contribution in [0.25, 0.3) is 27.0 Å². The van der Waals surface area contributed by atoms with E-state index >= 15 is 0 Å². The van der Waals surface area contributed by atoms with Crippen LogP contribution in [-0.2, 0) is 58.1 Å². The molecule has 0 aliphatic heterocycles. The summed E-state index contributed by atoms with van der Waals surface area (Å²) in [4.78, 5) is 41.2. The molecule has 1 radical (unpaired) electrons. The smallest absolute Gasteiger partial charge is 0.724 e. The predicted octanol–water partition coefficient (Wildman–Crippen LogP) is -3.54. The molecule has 13 heteroatoms. The van der Waals surface area contributed by atoms with Crippen molar-refractivity contribution in [2.75, 3.05) is 0 Å². The molecule has 0 aliphatic rings. The SMILES string of the molecule is [Cu+2].[Fe+2].[K+].[N-]=C=O.[N-]=C=O.[N-]=C=O.[N-]=C=O.[N-]=C=O.